The third-order valence-corrected chi connectivity index (χ3v) is 12.1. The molecule has 0 aromatic heterocycles. The van der Waals surface area contributed by atoms with Crippen LogP contribution in [0.5, 0.6) is 0 Å². The Labute approximate surface area is 406 Å². The lowest BCUT2D eigenvalue weighted by Gasteiger charge is -2.27. The third-order valence-electron chi connectivity index (χ3n) is 11.1. The number of phosphoric acid groups is 1. The molecule has 0 aliphatic rings. The van der Waals surface area contributed by atoms with E-state index in [1.54, 1.807) is 0 Å². The Morgan fingerprint density at radius 2 is 0.985 bits per heavy atom. The molecule has 0 aromatic carbocycles. The van der Waals surface area contributed by atoms with Crippen LogP contribution in [-0.4, -0.2) is 74.3 Å². The molecule has 0 heterocycles. The second-order valence-corrected chi connectivity index (χ2v) is 20.1. The van der Waals surface area contributed by atoms with E-state index in [0.29, 0.717) is 23.9 Å². The maximum atomic E-state index is 13.4. The van der Waals surface area contributed by atoms with Crippen molar-refractivity contribution in [2.45, 2.75) is 219 Å². The van der Waals surface area contributed by atoms with Crippen LogP contribution in [0.2, 0.25) is 0 Å². The van der Waals surface area contributed by atoms with Gasteiger partial charge in [0.1, 0.15) is 19.3 Å². The molecule has 1 amide bonds. The van der Waals surface area contributed by atoms with Gasteiger partial charge in [-0.3, -0.25) is 18.6 Å². The number of phosphoric ester groups is 1. The van der Waals surface area contributed by atoms with E-state index in [0.717, 1.165) is 77.0 Å². The number of nitrogens with zero attached hydrogens (tertiary/aromatic N) is 1. The second kappa shape index (κ2) is 45.9. The fourth-order valence-electron chi connectivity index (χ4n) is 6.98. The lowest BCUT2D eigenvalue weighted by atomic mass is 10.1. The van der Waals surface area contributed by atoms with Crippen LogP contribution in [-0.2, 0) is 27.9 Å². The molecule has 0 spiro atoms. The summed E-state index contributed by atoms with van der Waals surface area (Å²) in [4.78, 5) is 37.4. The van der Waals surface area contributed by atoms with Gasteiger partial charge in [0.15, 0.2) is 0 Å². The minimum atomic E-state index is -4.46. The monoisotopic (exact) mass is 944 g/mol. The van der Waals surface area contributed by atoms with Crippen molar-refractivity contribution in [3.05, 3.63) is 85.1 Å². The van der Waals surface area contributed by atoms with E-state index in [4.69, 9.17) is 13.8 Å². The largest absolute Gasteiger partial charge is 0.472 e. The number of nitrogens with one attached hydrogen (secondary N) is 1. The van der Waals surface area contributed by atoms with Gasteiger partial charge in [0.2, 0.25) is 5.91 Å². The quantitative estimate of drug-likeness (QED) is 0.0206. The van der Waals surface area contributed by atoms with Crippen LogP contribution in [0, 0.1) is 0 Å². The summed E-state index contributed by atoms with van der Waals surface area (Å²) in [5.74, 6) is -0.628. The Morgan fingerprint density at radius 1 is 0.545 bits per heavy atom. The van der Waals surface area contributed by atoms with Crippen LogP contribution in [0.25, 0.3) is 0 Å². The van der Waals surface area contributed by atoms with Crippen LogP contribution >= 0.6 is 7.82 Å². The number of carbonyl (C=O) groups excluding carboxylic acids is 2. The number of hydrogen-bond donors (Lipinski definition) is 2. The minimum absolute atomic E-state index is 0.0214. The summed E-state index contributed by atoms with van der Waals surface area (Å²) in [5, 5.41) is 2.98. The van der Waals surface area contributed by atoms with E-state index in [9.17, 15) is 19.0 Å². The molecule has 66 heavy (non-hydrogen) atoms. The molecule has 0 fully saturated rings. The highest BCUT2D eigenvalue weighted by Crippen LogP contribution is 2.43. The van der Waals surface area contributed by atoms with Gasteiger partial charge in [0.05, 0.1) is 33.8 Å². The van der Waals surface area contributed by atoms with Gasteiger partial charge in [-0.25, -0.2) is 4.57 Å². The number of likely N-dealkylation sites (N-methyl/N-ethyl adjacent to an activating group) is 1. The molecular formula is C56H100N2O7P+. The molecule has 0 aliphatic carbocycles. The van der Waals surface area contributed by atoms with Crippen LogP contribution < -0.4 is 5.32 Å². The van der Waals surface area contributed by atoms with E-state index in [1.807, 2.05) is 45.4 Å². The van der Waals surface area contributed by atoms with E-state index in [2.05, 4.69) is 86.8 Å². The summed E-state index contributed by atoms with van der Waals surface area (Å²) in [6, 6.07) is -0.895. The summed E-state index contributed by atoms with van der Waals surface area (Å²) in [5.41, 5.74) is 0. The van der Waals surface area contributed by atoms with Crippen molar-refractivity contribution in [1.29, 1.82) is 0 Å². The molecule has 0 aliphatic heterocycles. The average molecular weight is 944 g/mol. The smallest absolute Gasteiger partial charge is 0.456 e. The fraction of sp³-hybridized carbons (Fsp3) is 0.714. The van der Waals surface area contributed by atoms with Crippen molar-refractivity contribution >= 4 is 19.7 Å². The molecule has 9 nitrogen and oxygen atoms in total. The highest BCUT2D eigenvalue weighted by atomic mass is 31.2. The Hall–Kier alpha value is -2.81. The minimum Gasteiger partial charge on any atom is -0.456 e. The molecule has 10 heteroatoms. The van der Waals surface area contributed by atoms with Crippen LogP contribution in [0.15, 0.2) is 85.1 Å². The predicted octanol–water partition coefficient (Wildman–Crippen LogP) is 15.5. The van der Waals surface area contributed by atoms with Gasteiger partial charge in [-0.1, -0.05) is 190 Å². The van der Waals surface area contributed by atoms with E-state index in [-0.39, 0.29) is 37.9 Å². The molecule has 0 radical (unpaired) electrons. The normalized spacial score (nSPS) is 14.6. The van der Waals surface area contributed by atoms with E-state index >= 15 is 0 Å². The molecule has 3 atom stereocenters. The zero-order valence-electron chi connectivity index (χ0n) is 43.2. The molecule has 2 N–H and O–H groups in total. The maximum Gasteiger partial charge on any atom is 0.472 e. The van der Waals surface area contributed by atoms with Crippen molar-refractivity contribution < 1.29 is 37.3 Å². The second-order valence-electron chi connectivity index (χ2n) is 18.7. The molecule has 0 saturated heterocycles. The first kappa shape index (κ1) is 63.2. The molecular weight excluding hydrogens is 844 g/mol. The highest BCUT2D eigenvalue weighted by molar-refractivity contribution is 7.47. The first-order valence-corrected chi connectivity index (χ1v) is 27.9. The number of unbranched alkanes of at least 4 members (excludes halogenated alkanes) is 18. The zero-order chi connectivity index (χ0) is 48.7. The highest BCUT2D eigenvalue weighted by Gasteiger charge is 2.30. The van der Waals surface area contributed by atoms with Crippen LogP contribution in [0.1, 0.15) is 207 Å². The van der Waals surface area contributed by atoms with E-state index < -0.39 is 20.0 Å². The van der Waals surface area contributed by atoms with Gasteiger partial charge in [-0.2, -0.15) is 0 Å². The van der Waals surface area contributed by atoms with Crippen molar-refractivity contribution in [2.75, 3.05) is 40.9 Å². The standard InChI is InChI=1S/C56H99N2O7P/c1-7-10-13-16-19-22-25-27-28-29-31-33-36-39-42-45-48-55(59)57-53(52-64-66(61,62)63-51-50-58(4,5)6)54(47-44-41-38-35-32-24-21-18-15-12-9-3)65-56(60)49-46-43-40-37-34-30-26-23-20-17-14-11-8-2/h10,13,19,22,27-28,30-31,33-34,39,42,44,47,53-54H,7-9,11-12,14-18,20-21,23-26,29,32,35-38,40-41,43,45-46,48-52H2,1-6H3,(H-,57,59,61,62)/p+1/b13-10+,22-19+,28-27+,33-31+,34-30-,42-39+,47-44+. The topological polar surface area (TPSA) is 111 Å². The lowest BCUT2D eigenvalue weighted by Crippen LogP contribution is -2.47. The van der Waals surface area contributed by atoms with Crippen molar-refractivity contribution in [1.82, 2.24) is 5.32 Å². The Balaban J connectivity index is 5.55. The van der Waals surface area contributed by atoms with Gasteiger partial charge in [0, 0.05) is 12.8 Å². The third kappa shape index (κ3) is 46.3. The summed E-state index contributed by atoms with van der Waals surface area (Å²) < 4.78 is 30.4. The van der Waals surface area contributed by atoms with E-state index in [1.165, 1.54) is 83.5 Å². The first-order chi connectivity index (χ1) is 31.9. The SMILES string of the molecule is CC/C=C/C/C=C/C/C=C/C/C=C/C/C=C/CCC(=O)NC(COP(=O)(O)OCC[N+](C)(C)C)C(/C=C/CCCCCCCCCCC)OC(=O)CCCCC/C=C\CCCCCCCC. The zero-order valence-corrected chi connectivity index (χ0v) is 44.1. The van der Waals surface area contributed by atoms with Gasteiger partial charge in [-0.15, -0.1) is 0 Å². The number of hydrogen-bond acceptors (Lipinski definition) is 6. The van der Waals surface area contributed by atoms with Crippen molar-refractivity contribution in [2.24, 2.45) is 0 Å². The number of ether oxygens (including phenoxy) is 1. The number of esters is 1. The Kier molecular flexibility index (Phi) is 44.0. The Morgan fingerprint density at radius 3 is 1.48 bits per heavy atom. The molecule has 0 aromatic rings. The molecule has 380 valence electrons. The molecule has 0 saturated carbocycles. The van der Waals surface area contributed by atoms with Crippen LogP contribution in [0.3, 0.4) is 0 Å². The maximum absolute atomic E-state index is 13.4. The molecule has 0 rings (SSSR count). The lowest BCUT2D eigenvalue weighted by molar-refractivity contribution is -0.870. The number of rotatable bonds is 46. The summed E-state index contributed by atoms with van der Waals surface area (Å²) >= 11 is 0. The molecule has 3 unspecified atom stereocenters. The fourth-order valence-corrected chi connectivity index (χ4v) is 7.71. The summed E-state index contributed by atoms with van der Waals surface area (Å²) in [6.45, 7) is 6.78. The van der Waals surface area contributed by atoms with Crippen molar-refractivity contribution in [3.63, 3.8) is 0 Å². The van der Waals surface area contributed by atoms with Crippen molar-refractivity contribution in [3.8, 4) is 0 Å². The van der Waals surface area contributed by atoms with Gasteiger partial charge in [-0.05, 0) is 89.5 Å². The number of carbonyl (C=O) groups is 2. The average Bonchev–Trinajstić information content (AvgIpc) is 3.27. The van der Waals surface area contributed by atoms with Gasteiger partial charge >= 0.3 is 13.8 Å². The number of quaternary nitrogens is 1. The summed E-state index contributed by atoms with van der Waals surface area (Å²) in [6.07, 6.45) is 58.8. The van der Waals surface area contributed by atoms with Gasteiger partial charge in [0.25, 0.3) is 0 Å². The van der Waals surface area contributed by atoms with Crippen LogP contribution in [0.4, 0.5) is 0 Å². The van der Waals surface area contributed by atoms with Gasteiger partial charge < -0.3 is 19.4 Å². The predicted molar refractivity (Wildman–Crippen MR) is 281 cm³/mol. The molecule has 0 bridgehead atoms. The Bertz CT molecular complexity index is 1410. The summed E-state index contributed by atoms with van der Waals surface area (Å²) in [7, 11) is 1.43. The number of amides is 1. The first-order valence-electron chi connectivity index (χ1n) is 26.4. The number of allylic oxidation sites excluding steroid dienone is 13.